The smallest absolute Gasteiger partial charge is 0.392 e. The molecule has 0 spiro atoms. The Morgan fingerprint density at radius 2 is 0.838 bits per heavy atom. The molecule has 32 nitrogen and oxygen atoms in total. The second-order valence-corrected chi connectivity index (χ2v) is 37.7. The van der Waals surface area contributed by atoms with Crippen LogP contribution < -0.4 is 16.0 Å². The number of fused-ring (bicyclic) bond motifs is 3. The van der Waals surface area contributed by atoms with E-state index in [0.717, 1.165) is 76.7 Å². The van der Waals surface area contributed by atoms with Crippen LogP contribution in [0.25, 0.3) is 112 Å². The van der Waals surface area contributed by atoms with Crippen molar-refractivity contribution < 1.29 is 69.7 Å². The molecule has 6 amide bonds. The summed E-state index contributed by atoms with van der Waals surface area (Å²) < 4.78 is 92.0. The first-order chi connectivity index (χ1) is 71.8. The third-order valence-electron chi connectivity index (χ3n) is 28.8. The first kappa shape index (κ1) is 101. The number of hydrogen-bond acceptors (Lipinski definition) is 23. The zero-order chi connectivity index (χ0) is 103. The highest BCUT2D eigenvalue weighted by Crippen LogP contribution is 2.42. The molecule has 4 fully saturated rings. The molecule has 3 atom stereocenters. The standard InChI is InChI=1S/C37H37F3N8O2.C37H36FN7O4.C36H34F2N8O3/c1-2-36(35(50)44-28-8-9-30-29(21-28)33(46-45-30)27-10-16-41-31(20-27)37(38,39)40)13-19-47(23-36)22-32(49)48-17-11-25(12-18-48)24-4-6-26(7-5-24)34-42-14-3-15-43-34;1-49-37(36(48)41-29-8-10-32-30(20-29)34(43-42-32)27-7-9-31(38)28(19-27)22-46)13-18-44(23-37)21-33(47)45-16-11-25(12-17-45)24-3-5-26(6-4-24)35-39-14-2-15-40-35;1-49-36(35(48)42-27-7-8-29-28(20-27)32(44-43-29)26-9-15-39-30(19-26)33(37)38)12-18-45(22-36)21-31(47)46-16-10-24(11-17-46)23-3-5-25(6-4-23)34-40-13-2-14-41-34/h3-10,14-16,20-21,25H,2,11-13,17-19,22-23H2,1H3,(H,44,50)(H,45,46);2-11,14-15,19-20,46H,12-13,16-18,21-23H2,1H3,(H,41,48)(H,42,43);2-10,13-15,19-20,33H,11-12,16-18,21-22H2,1H3,(H,42,48)(H,43,44)/t36-;37-;36-/m100/s1. The molecule has 148 heavy (non-hydrogen) atoms. The molecule has 6 aliphatic heterocycles. The lowest BCUT2D eigenvalue weighted by Crippen LogP contribution is -2.48. The number of aromatic nitrogens is 14. The highest BCUT2D eigenvalue weighted by molar-refractivity contribution is 6.04. The number of alkyl halides is 5. The minimum Gasteiger partial charge on any atom is -0.392 e. The van der Waals surface area contributed by atoms with Crippen LogP contribution in [-0.2, 0) is 51.0 Å². The number of amides is 6. The van der Waals surface area contributed by atoms with Crippen molar-refractivity contribution in [3.63, 3.8) is 0 Å². The number of nitrogens with zero attached hydrogens (tertiary/aromatic N) is 17. The number of aromatic amines is 3. The van der Waals surface area contributed by atoms with Gasteiger partial charge < -0.3 is 45.2 Å². The van der Waals surface area contributed by atoms with E-state index >= 15 is 0 Å². The molecule has 14 heterocycles. The van der Waals surface area contributed by atoms with E-state index in [9.17, 15) is 60.2 Å². The molecule has 7 N–H and O–H groups in total. The van der Waals surface area contributed by atoms with Crippen LogP contribution in [0.4, 0.5) is 43.4 Å². The molecule has 8 aromatic heterocycles. The van der Waals surface area contributed by atoms with Crippen LogP contribution in [0.2, 0.25) is 0 Å². The summed E-state index contributed by atoms with van der Waals surface area (Å²) in [4.78, 5) is 126. The van der Waals surface area contributed by atoms with E-state index in [-0.39, 0.29) is 85.0 Å². The van der Waals surface area contributed by atoms with Crippen LogP contribution in [0.5, 0.6) is 0 Å². The summed E-state index contributed by atoms with van der Waals surface area (Å²) in [6.45, 7) is 8.57. The van der Waals surface area contributed by atoms with E-state index in [0.29, 0.717) is 182 Å². The van der Waals surface area contributed by atoms with Crippen LogP contribution >= 0.6 is 0 Å². The summed E-state index contributed by atoms with van der Waals surface area (Å²) in [7, 11) is 3.02. The fourth-order valence-electron chi connectivity index (χ4n) is 20.2. The number of likely N-dealkylation sites (tertiary alicyclic amines) is 4. The normalized spacial score (nSPS) is 18.4. The molecule has 4 saturated heterocycles. The number of carbonyl (C=O) groups excluding carboxylic acids is 6. The number of halogens is 6. The third-order valence-corrected chi connectivity index (χ3v) is 28.8. The van der Waals surface area contributed by atoms with E-state index in [1.165, 1.54) is 55.3 Å². The molecule has 758 valence electrons. The van der Waals surface area contributed by atoms with Crippen LogP contribution in [0.1, 0.15) is 104 Å². The Balaban J connectivity index is 0.000000140. The van der Waals surface area contributed by atoms with Crippen LogP contribution in [0.3, 0.4) is 0 Å². The quantitative estimate of drug-likeness (QED) is 0.0248. The molecule has 0 aliphatic carbocycles. The number of pyridine rings is 2. The lowest BCUT2D eigenvalue weighted by atomic mass is 9.83. The third kappa shape index (κ3) is 22.4. The van der Waals surface area contributed by atoms with Crippen molar-refractivity contribution in [2.24, 2.45) is 5.41 Å². The van der Waals surface area contributed by atoms with Gasteiger partial charge in [-0.2, -0.15) is 28.5 Å². The van der Waals surface area contributed by atoms with Crippen molar-refractivity contribution in [1.29, 1.82) is 0 Å². The van der Waals surface area contributed by atoms with Gasteiger partial charge in [0.05, 0.1) is 53.9 Å². The Labute approximate surface area is 847 Å². The predicted octanol–water partition coefficient (Wildman–Crippen LogP) is 16.6. The van der Waals surface area contributed by atoms with Gasteiger partial charge in [-0.25, -0.2) is 43.1 Å². The van der Waals surface area contributed by atoms with Gasteiger partial charge >= 0.3 is 6.18 Å². The number of aliphatic hydroxyl groups is 1. The van der Waals surface area contributed by atoms with Crippen molar-refractivity contribution in [2.75, 3.05) is 128 Å². The number of carbonyl (C=O) groups is 6. The van der Waals surface area contributed by atoms with Gasteiger partial charge in [-0.15, -0.1) is 0 Å². The Morgan fingerprint density at radius 1 is 0.439 bits per heavy atom. The average Bonchev–Trinajstić information content (AvgIpc) is 1.64. The highest BCUT2D eigenvalue weighted by Gasteiger charge is 2.49. The monoisotopic (exact) mass is 2010 g/mol. The number of methoxy groups -OCH3 is 2. The van der Waals surface area contributed by atoms with Crippen molar-refractivity contribution in [3.8, 4) is 67.9 Å². The zero-order valence-electron chi connectivity index (χ0n) is 81.4. The number of H-pyrrole nitrogens is 3. The minimum absolute atomic E-state index is 0.00300. The van der Waals surface area contributed by atoms with Crippen molar-refractivity contribution in [2.45, 2.75) is 94.6 Å². The molecule has 15 aromatic rings. The second kappa shape index (κ2) is 44.2. The van der Waals surface area contributed by atoms with Gasteiger partial charge in [0.1, 0.15) is 28.6 Å². The van der Waals surface area contributed by atoms with Gasteiger partial charge in [0.2, 0.25) is 23.6 Å². The summed E-state index contributed by atoms with van der Waals surface area (Å²) in [6, 6.07) is 55.7. The molecule has 0 bridgehead atoms. The lowest BCUT2D eigenvalue weighted by Gasteiger charge is -2.33. The summed E-state index contributed by atoms with van der Waals surface area (Å²) in [6.07, 6.45) is 15.1. The molecule has 7 aromatic carbocycles. The van der Waals surface area contributed by atoms with Gasteiger partial charge in [0.15, 0.2) is 28.7 Å². The number of benzene rings is 7. The summed E-state index contributed by atoms with van der Waals surface area (Å²) in [5, 5.41) is 42.2. The number of rotatable bonds is 26. The number of nitrogens with one attached hydrogen (secondary N) is 6. The van der Waals surface area contributed by atoms with Crippen LogP contribution in [-0.4, -0.2) is 264 Å². The Bertz CT molecular complexity index is 7420. The molecular formula is C110H107F6N23O9. The molecular weight excluding hydrogens is 1900 g/mol. The molecule has 0 radical (unpaired) electrons. The van der Waals surface area contributed by atoms with Crippen LogP contribution in [0.15, 0.2) is 250 Å². The van der Waals surface area contributed by atoms with Crippen molar-refractivity contribution >= 4 is 96.4 Å². The topological polar surface area (TPSA) is 386 Å². The molecule has 21 rings (SSSR count). The van der Waals surface area contributed by atoms with E-state index in [4.69, 9.17) is 9.47 Å². The summed E-state index contributed by atoms with van der Waals surface area (Å²) >= 11 is 0. The largest absolute Gasteiger partial charge is 0.433 e. The zero-order valence-corrected chi connectivity index (χ0v) is 81.4. The Kier molecular flexibility index (Phi) is 30.1. The first-order valence-electron chi connectivity index (χ1n) is 49.0. The molecule has 0 saturated carbocycles. The van der Waals surface area contributed by atoms with Crippen LogP contribution in [0, 0.1) is 11.2 Å². The molecule has 6 aliphatic rings. The number of ether oxygens (including phenoxy) is 2. The fourth-order valence-corrected chi connectivity index (χ4v) is 20.2. The fraction of sp³-hybridized carbons (Fsp3) is 0.300. The van der Waals surface area contributed by atoms with E-state index < -0.39 is 47.3 Å². The second-order valence-electron chi connectivity index (χ2n) is 37.7. The lowest BCUT2D eigenvalue weighted by molar-refractivity contribution is -0.141. The van der Waals surface area contributed by atoms with E-state index in [1.807, 2.05) is 61.8 Å². The van der Waals surface area contributed by atoms with E-state index in [2.05, 4.69) is 152 Å². The number of piperidine rings is 1. The predicted molar refractivity (Wildman–Crippen MR) is 547 cm³/mol. The minimum atomic E-state index is -4.58. The molecule has 38 heteroatoms. The van der Waals surface area contributed by atoms with Gasteiger partial charge in [0.25, 0.3) is 18.2 Å². The van der Waals surface area contributed by atoms with Gasteiger partial charge in [-0.3, -0.25) is 68.7 Å². The number of hydrogen-bond donors (Lipinski definition) is 7. The number of anilines is 3. The molecule has 0 unspecified atom stereocenters. The maximum absolute atomic E-state index is 14.0. The van der Waals surface area contributed by atoms with Gasteiger partial charge in [0, 0.05) is 208 Å². The van der Waals surface area contributed by atoms with Crippen molar-refractivity contribution in [3.05, 3.63) is 289 Å². The van der Waals surface area contributed by atoms with Gasteiger partial charge in [-0.05, 0) is 207 Å². The first-order valence-corrected chi connectivity index (χ1v) is 49.0. The van der Waals surface area contributed by atoms with E-state index in [1.54, 1.807) is 122 Å². The highest BCUT2D eigenvalue weighted by atomic mass is 19.4. The van der Waals surface area contributed by atoms with Gasteiger partial charge in [-0.1, -0.05) is 91.9 Å². The number of aliphatic hydroxyl groups excluding tert-OH is 1. The maximum atomic E-state index is 14.0. The summed E-state index contributed by atoms with van der Waals surface area (Å²) in [5.41, 5.74) is 11.1. The Hall–Kier alpha value is -15.9. The van der Waals surface area contributed by atoms with Crippen molar-refractivity contribution in [1.82, 2.24) is 99.9 Å². The summed E-state index contributed by atoms with van der Waals surface area (Å²) in [5.74, 6) is 1.29. The average molecular weight is 2010 g/mol. The maximum Gasteiger partial charge on any atom is 0.433 e. The Morgan fingerprint density at radius 3 is 1.26 bits per heavy atom. The SMILES string of the molecule is CC[C@@]1(C(=O)Nc2ccc3[nH]nc(-c4ccnc(C(F)(F)F)c4)c3c2)CCN(CC(=O)N2CCC(c3ccc(-c4ncccn4)cc3)CC2)C1.CO[C@@]1(C(=O)Nc2ccc3[nH]nc(-c4ccc(F)c(CO)c4)c3c2)CCN(CC(=O)N2CC=C(c3ccc(-c4ncccn4)cc3)CC2)C1.CO[C@@]1(C(=O)Nc2ccc3[nH]nc(-c4ccnc(C(F)F)c4)c3c2)CCN(CC(=O)N2CC=C(c3ccc(-c4ncccn4)cc3)CC2)C1.